The van der Waals surface area contributed by atoms with Crippen LogP contribution in [0.4, 0.5) is 0 Å². The van der Waals surface area contributed by atoms with Crippen LogP contribution in [0.25, 0.3) is 0 Å². The summed E-state index contributed by atoms with van der Waals surface area (Å²) in [6.45, 7) is 9.07. The fourth-order valence-corrected chi connectivity index (χ4v) is 1.22. The Morgan fingerprint density at radius 3 is 2.46 bits per heavy atom. The first kappa shape index (κ1) is 11.0. The van der Waals surface area contributed by atoms with E-state index in [1.165, 1.54) is 0 Å². The highest BCUT2D eigenvalue weighted by Crippen LogP contribution is 2.20. The molecule has 3 heteroatoms. The van der Waals surface area contributed by atoms with Gasteiger partial charge in [0, 0.05) is 12.5 Å². The Balaban J connectivity index is 2.11. The van der Waals surface area contributed by atoms with Gasteiger partial charge in [0.2, 0.25) is 0 Å². The molecule has 1 fully saturated rings. The number of rotatable bonds is 4. The van der Waals surface area contributed by atoms with Crippen LogP contribution in [-0.2, 0) is 14.2 Å². The van der Waals surface area contributed by atoms with Crippen molar-refractivity contribution in [1.82, 2.24) is 0 Å². The number of hydrogen-bond acceptors (Lipinski definition) is 3. The summed E-state index contributed by atoms with van der Waals surface area (Å²) in [7, 11) is 0. The lowest BCUT2D eigenvalue weighted by Gasteiger charge is -2.34. The zero-order valence-electron chi connectivity index (χ0n) is 8.84. The highest BCUT2D eigenvalue weighted by molar-refractivity contribution is 4.66. The molecule has 0 aromatic carbocycles. The molecule has 0 aromatic rings. The molecule has 13 heavy (non-hydrogen) atoms. The van der Waals surface area contributed by atoms with E-state index in [1.807, 2.05) is 13.8 Å². The van der Waals surface area contributed by atoms with Crippen LogP contribution in [0, 0.1) is 5.92 Å². The minimum Gasteiger partial charge on any atom is -0.381 e. The van der Waals surface area contributed by atoms with Gasteiger partial charge < -0.3 is 14.2 Å². The summed E-state index contributed by atoms with van der Waals surface area (Å²) in [6, 6.07) is 0. The van der Waals surface area contributed by atoms with Crippen molar-refractivity contribution in [3.05, 3.63) is 0 Å². The van der Waals surface area contributed by atoms with E-state index in [9.17, 15) is 0 Å². The zero-order chi connectivity index (χ0) is 9.73. The molecule has 0 unspecified atom stereocenters. The third kappa shape index (κ3) is 4.07. The maximum absolute atomic E-state index is 5.51. The van der Waals surface area contributed by atoms with Crippen LogP contribution in [0.3, 0.4) is 0 Å². The molecule has 1 aliphatic rings. The Hall–Kier alpha value is -0.120. The molecule has 0 spiro atoms. The van der Waals surface area contributed by atoms with E-state index in [0.29, 0.717) is 5.92 Å². The van der Waals surface area contributed by atoms with Gasteiger partial charge in [0.25, 0.3) is 0 Å². The zero-order valence-corrected chi connectivity index (χ0v) is 8.84. The van der Waals surface area contributed by atoms with Crippen LogP contribution in [-0.4, -0.2) is 32.2 Å². The number of hydrogen-bond donors (Lipinski definition) is 0. The predicted molar refractivity (Wildman–Crippen MR) is 50.6 cm³/mol. The molecule has 1 rings (SSSR count). The van der Waals surface area contributed by atoms with E-state index in [2.05, 4.69) is 6.92 Å². The normalized spacial score (nSPS) is 23.3. The second kappa shape index (κ2) is 4.94. The fourth-order valence-electron chi connectivity index (χ4n) is 1.22. The van der Waals surface area contributed by atoms with Crippen LogP contribution in [0.1, 0.15) is 27.2 Å². The first-order chi connectivity index (χ1) is 6.14. The molecular formula is C10H20O3. The average Bonchev–Trinajstić information content (AvgIpc) is 2.08. The maximum atomic E-state index is 5.51. The summed E-state index contributed by atoms with van der Waals surface area (Å²) in [6.07, 6.45) is 1.07. The predicted octanol–water partition coefficient (Wildman–Crippen LogP) is 1.81. The first-order valence-corrected chi connectivity index (χ1v) is 4.99. The molecule has 78 valence electrons. The Labute approximate surface area is 80.4 Å². The molecule has 0 saturated carbocycles. The van der Waals surface area contributed by atoms with Crippen LogP contribution in [0.2, 0.25) is 0 Å². The molecule has 0 radical (unpaired) electrons. The van der Waals surface area contributed by atoms with E-state index in [1.54, 1.807) is 0 Å². The molecule has 0 N–H and O–H groups in total. The number of ether oxygens (including phenoxy) is 3. The molecule has 1 saturated heterocycles. The van der Waals surface area contributed by atoms with Gasteiger partial charge >= 0.3 is 0 Å². The molecule has 0 amide bonds. The fraction of sp³-hybridized carbons (Fsp3) is 1.00. The molecule has 1 aliphatic heterocycles. The van der Waals surface area contributed by atoms with Gasteiger partial charge in [-0.15, -0.1) is 0 Å². The van der Waals surface area contributed by atoms with Gasteiger partial charge in [-0.05, 0) is 20.3 Å². The Kier molecular flexibility index (Phi) is 4.16. The summed E-state index contributed by atoms with van der Waals surface area (Å²) >= 11 is 0. The van der Waals surface area contributed by atoms with Crippen molar-refractivity contribution >= 4 is 0 Å². The second-order valence-electron chi connectivity index (χ2n) is 3.96. The summed E-state index contributed by atoms with van der Waals surface area (Å²) in [5.41, 5.74) is 0. The van der Waals surface area contributed by atoms with Gasteiger partial charge in [0.15, 0.2) is 5.79 Å². The quantitative estimate of drug-likeness (QED) is 0.630. The molecule has 0 aromatic heterocycles. The smallest absolute Gasteiger partial charge is 0.162 e. The van der Waals surface area contributed by atoms with Crippen molar-refractivity contribution < 1.29 is 14.2 Å². The topological polar surface area (TPSA) is 27.7 Å². The third-order valence-corrected chi connectivity index (χ3v) is 2.04. The van der Waals surface area contributed by atoms with Crippen molar-refractivity contribution in [3.8, 4) is 0 Å². The van der Waals surface area contributed by atoms with Gasteiger partial charge in [-0.3, -0.25) is 0 Å². The lowest BCUT2D eigenvalue weighted by Crippen LogP contribution is -2.40. The van der Waals surface area contributed by atoms with Crippen molar-refractivity contribution in [3.63, 3.8) is 0 Å². The van der Waals surface area contributed by atoms with E-state index >= 15 is 0 Å². The highest BCUT2D eigenvalue weighted by Gasteiger charge is 2.28. The van der Waals surface area contributed by atoms with Crippen molar-refractivity contribution in [2.45, 2.75) is 33.0 Å². The first-order valence-electron chi connectivity index (χ1n) is 4.99. The van der Waals surface area contributed by atoms with Gasteiger partial charge in [-0.25, -0.2) is 0 Å². The minimum absolute atomic E-state index is 0.402. The molecule has 1 heterocycles. The Bertz CT molecular complexity index is 135. The van der Waals surface area contributed by atoms with E-state index in [4.69, 9.17) is 14.2 Å². The van der Waals surface area contributed by atoms with Crippen molar-refractivity contribution in [2.24, 2.45) is 5.92 Å². The summed E-state index contributed by atoms with van der Waals surface area (Å²) in [4.78, 5) is 0. The molecule has 3 nitrogen and oxygen atoms in total. The highest BCUT2D eigenvalue weighted by atomic mass is 16.7. The third-order valence-electron chi connectivity index (χ3n) is 2.04. The van der Waals surface area contributed by atoms with Gasteiger partial charge in [-0.2, -0.15) is 0 Å². The van der Waals surface area contributed by atoms with Crippen LogP contribution >= 0.6 is 0 Å². The van der Waals surface area contributed by atoms with E-state index in [0.717, 1.165) is 32.8 Å². The average molecular weight is 188 g/mol. The van der Waals surface area contributed by atoms with Crippen molar-refractivity contribution in [2.75, 3.05) is 26.4 Å². The molecule has 0 atom stereocenters. The molecule has 0 bridgehead atoms. The largest absolute Gasteiger partial charge is 0.381 e. The molecule has 0 aliphatic carbocycles. The molecular weight excluding hydrogens is 168 g/mol. The Morgan fingerprint density at radius 2 is 1.92 bits per heavy atom. The van der Waals surface area contributed by atoms with Crippen LogP contribution in [0.5, 0.6) is 0 Å². The summed E-state index contributed by atoms with van der Waals surface area (Å²) in [5.74, 6) is 0.000853. The van der Waals surface area contributed by atoms with Gasteiger partial charge in [0.1, 0.15) is 0 Å². The Morgan fingerprint density at radius 1 is 1.31 bits per heavy atom. The van der Waals surface area contributed by atoms with Gasteiger partial charge in [-0.1, -0.05) is 6.92 Å². The van der Waals surface area contributed by atoms with E-state index in [-0.39, 0.29) is 0 Å². The van der Waals surface area contributed by atoms with E-state index < -0.39 is 5.79 Å². The summed E-state index contributed by atoms with van der Waals surface area (Å²) in [5, 5.41) is 0. The van der Waals surface area contributed by atoms with Crippen LogP contribution < -0.4 is 0 Å². The SMILES string of the molecule is CCCOCC1COC(C)(C)OC1. The maximum Gasteiger partial charge on any atom is 0.162 e. The van der Waals surface area contributed by atoms with Crippen molar-refractivity contribution in [1.29, 1.82) is 0 Å². The standard InChI is InChI=1S/C10H20O3/c1-4-5-11-6-9-7-12-10(2,3)13-8-9/h9H,4-8H2,1-3H3. The summed E-state index contributed by atoms with van der Waals surface area (Å²) < 4.78 is 16.4. The second-order valence-corrected chi connectivity index (χ2v) is 3.96. The van der Waals surface area contributed by atoms with Crippen LogP contribution in [0.15, 0.2) is 0 Å². The lowest BCUT2D eigenvalue weighted by atomic mass is 10.1. The minimum atomic E-state index is -0.402. The monoisotopic (exact) mass is 188 g/mol. The van der Waals surface area contributed by atoms with Gasteiger partial charge in [0.05, 0.1) is 19.8 Å². The lowest BCUT2D eigenvalue weighted by molar-refractivity contribution is -0.266.